The number of hydrogen-bond donors (Lipinski definition) is 1. The lowest BCUT2D eigenvalue weighted by atomic mass is 9.82. The van der Waals surface area contributed by atoms with Gasteiger partial charge in [-0.2, -0.15) is 0 Å². The van der Waals surface area contributed by atoms with Gasteiger partial charge in [-0.1, -0.05) is 19.9 Å². The maximum absolute atomic E-state index is 10.7. The molecule has 0 aromatic rings. The van der Waals surface area contributed by atoms with E-state index in [0.717, 1.165) is 19.6 Å². The molecule has 1 saturated heterocycles. The zero-order chi connectivity index (χ0) is 12.2. The highest BCUT2D eigenvalue weighted by Gasteiger charge is 2.34. The molecule has 1 aliphatic heterocycles. The molecule has 0 atom stereocenters. The number of hydrogen-bond acceptors (Lipinski definition) is 2. The molecule has 1 fully saturated rings. The minimum absolute atomic E-state index is 0.450. The van der Waals surface area contributed by atoms with Crippen molar-refractivity contribution in [3.8, 4) is 0 Å². The standard InChI is InChI=1S/C13H23NO2/c1-4-13(5-2)7-9-14(10-13)8-6-11(3)12(15)16/h6H,4-5,7-10H2,1-3H3,(H,15,16). The van der Waals surface area contributed by atoms with Crippen LogP contribution in [0.25, 0.3) is 0 Å². The molecule has 0 radical (unpaired) electrons. The number of nitrogens with zero attached hydrogens (tertiary/aromatic N) is 1. The molecular weight excluding hydrogens is 202 g/mol. The highest BCUT2D eigenvalue weighted by molar-refractivity contribution is 5.85. The van der Waals surface area contributed by atoms with Crippen LogP contribution in [0.1, 0.15) is 40.0 Å². The largest absolute Gasteiger partial charge is 0.478 e. The molecule has 3 heteroatoms. The molecule has 3 nitrogen and oxygen atoms in total. The van der Waals surface area contributed by atoms with Gasteiger partial charge >= 0.3 is 5.97 Å². The first kappa shape index (κ1) is 13.2. The summed E-state index contributed by atoms with van der Waals surface area (Å²) in [5.74, 6) is -0.809. The normalized spacial score (nSPS) is 21.3. The van der Waals surface area contributed by atoms with E-state index in [4.69, 9.17) is 5.11 Å². The predicted molar refractivity (Wildman–Crippen MR) is 65.5 cm³/mol. The zero-order valence-electron chi connectivity index (χ0n) is 10.6. The lowest BCUT2D eigenvalue weighted by molar-refractivity contribution is -0.132. The molecule has 0 unspecified atom stereocenters. The quantitative estimate of drug-likeness (QED) is 0.731. The van der Waals surface area contributed by atoms with Crippen molar-refractivity contribution in [3.63, 3.8) is 0 Å². The third-order valence-electron chi connectivity index (χ3n) is 4.01. The number of aliphatic carboxylic acids is 1. The van der Waals surface area contributed by atoms with E-state index < -0.39 is 5.97 Å². The molecule has 1 heterocycles. The fourth-order valence-electron chi connectivity index (χ4n) is 2.36. The third kappa shape index (κ3) is 3.08. The molecule has 1 N–H and O–H groups in total. The fraction of sp³-hybridized carbons (Fsp3) is 0.769. The van der Waals surface area contributed by atoms with Crippen molar-refractivity contribution < 1.29 is 9.90 Å². The Morgan fingerprint density at radius 3 is 2.50 bits per heavy atom. The molecule has 0 aromatic heterocycles. The second kappa shape index (κ2) is 5.48. The molecular formula is C13H23NO2. The minimum Gasteiger partial charge on any atom is -0.478 e. The van der Waals surface area contributed by atoms with Gasteiger partial charge in [0.05, 0.1) is 0 Å². The Bertz CT molecular complexity index is 280. The molecule has 16 heavy (non-hydrogen) atoms. The Balaban J connectivity index is 2.48. The van der Waals surface area contributed by atoms with Crippen LogP contribution in [0.2, 0.25) is 0 Å². The topological polar surface area (TPSA) is 40.5 Å². The molecule has 0 spiro atoms. The lowest BCUT2D eigenvalue weighted by Crippen LogP contribution is -2.26. The van der Waals surface area contributed by atoms with Crippen LogP contribution in [0.3, 0.4) is 0 Å². The van der Waals surface area contributed by atoms with E-state index >= 15 is 0 Å². The van der Waals surface area contributed by atoms with Crippen LogP contribution in [0.5, 0.6) is 0 Å². The van der Waals surface area contributed by atoms with Gasteiger partial charge in [-0.05, 0) is 38.1 Å². The van der Waals surface area contributed by atoms with Gasteiger partial charge in [0.2, 0.25) is 0 Å². The highest BCUT2D eigenvalue weighted by Crippen LogP contribution is 2.36. The Morgan fingerprint density at radius 2 is 2.06 bits per heavy atom. The third-order valence-corrected chi connectivity index (χ3v) is 4.01. The second-order valence-electron chi connectivity index (χ2n) is 4.88. The summed E-state index contributed by atoms with van der Waals surface area (Å²) < 4.78 is 0. The van der Waals surface area contributed by atoms with E-state index in [-0.39, 0.29) is 0 Å². The SMILES string of the molecule is CCC1(CC)CCN(CC=C(C)C(=O)O)C1. The Labute approximate surface area is 98.1 Å². The summed E-state index contributed by atoms with van der Waals surface area (Å²) in [5.41, 5.74) is 0.927. The summed E-state index contributed by atoms with van der Waals surface area (Å²) >= 11 is 0. The van der Waals surface area contributed by atoms with Crippen molar-refractivity contribution in [1.82, 2.24) is 4.90 Å². The Kier molecular flexibility index (Phi) is 4.54. The first-order chi connectivity index (χ1) is 7.53. The van der Waals surface area contributed by atoms with E-state index in [2.05, 4.69) is 18.7 Å². The van der Waals surface area contributed by atoms with Crippen molar-refractivity contribution in [1.29, 1.82) is 0 Å². The summed E-state index contributed by atoms with van der Waals surface area (Å²) in [5, 5.41) is 8.76. The van der Waals surface area contributed by atoms with Gasteiger partial charge in [-0.15, -0.1) is 0 Å². The van der Waals surface area contributed by atoms with Crippen LogP contribution >= 0.6 is 0 Å². The van der Waals surface area contributed by atoms with E-state index in [1.807, 2.05) is 6.08 Å². The summed E-state index contributed by atoms with van der Waals surface area (Å²) in [6, 6.07) is 0. The Hall–Kier alpha value is -0.830. The predicted octanol–water partition coefficient (Wildman–Crippen LogP) is 2.53. The van der Waals surface area contributed by atoms with Crippen LogP contribution in [-0.4, -0.2) is 35.6 Å². The molecule has 0 saturated carbocycles. The molecule has 0 aliphatic carbocycles. The number of rotatable bonds is 5. The van der Waals surface area contributed by atoms with Gasteiger partial charge in [0.15, 0.2) is 0 Å². The van der Waals surface area contributed by atoms with Crippen LogP contribution in [0.15, 0.2) is 11.6 Å². The van der Waals surface area contributed by atoms with Crippen molar-refractivity contribution in [3.05, 3.63) is 11.6 Å². The average molecular weight is 225 g/mol. The molecule has 0 amide bonds. The van der Waals surface area contributed by atoms with Crippen molar-refractivity contribution >= 4 is 5.97 Å². The molecule has 92 valence electrons. The molecule has 1 rings (SSSR count). The maximum atomic E-state index is 10.7. The lowest BCUT2D eigenvalue weighted by Gasteiger charge is -2.26. The number of carboxylic acid groups (broad SMARTS) is 1. The number of likely N-dealkylation sites (tertiary alicyclic amines) is 1. The summed E-state index contributed by atoms with van der Waals surface area (Å²) in [6.07, 6.45) is 5.52. The summed E-state index contributed by atoms with van der Waals surface area (Å²) in [4.78, 5) is 13.0. The van der Waals surface area contributed by atoms with E-state index in [0.29, 0.717) is 11.0 Å². The second-order valence-corrected chi connectivity index (χ2v) is 4.88. The summed E-state index contributed by atoms with van der Waals surface area (Å²) in [7, 11) is 0. The van der Waals surface area contributed by atoms with Gasteiger partial charge in [0.1, 0.15) is 0 Å². The average Bonchev–Trinajstić information content (AvgIpc) is 2.70. The van der Waals surface area contributed by atoms with Gasteiger partial charge in [-0.25, -0.2) is 4.79 Å². The molecule has 0 bridgehead atoms. The monoisotopic (exact) mass is 225 g/mol. The van der Waals surface area contributed by atoms with Crippen LogP contribution in [0.4, 0.5) is 0 Å². The van der Waals surface area contributed by atoms with Gasteiger partial charge in [0.25, 0.3) is 0 Å². The van der Waals surface area contributed by atoms with Crippen molar-refractivity contribution in [2.75, 3.05) is 19.6 Å². The molecule has 1 aliphatic rings. The molecule has 0 aromatic carbocycles. The maximum Gasteiger partial charge on any atom is 0.330 e. The van der Waals surface area contributed by atoms with Gasteiger partial charge < -0.3 is 5.11 Å². The number of carbonyl (C=O) groups is 1. The Morgan fingerprint density at radius 1 is 1.44 bits per heavy atom. The van der Waals surface area contributed by atoms with Crippen molar-refractivity contribution in [2.24, 2.45) is 5.41 Å². The number of carboxylic acids is 1. The fourth-order valence-corrected chi connectivity index (χ4v) is 2.36. The first-order valence-electron chi connectivity index (χ1n) is 6.15. The first-order valence-corrected chi connectivity index (χ1v) is 6.15. The van der Waals surface area contributed by atoms with Crippen LogP contribution < -0.4 is 0 Å². The highest BCUT2D eigenvalue weighted by atomic mass is 16.4. The van der Waals surface area contributed by atoms with Crippen LogP contribution in [0, 0.1) is 5.41 Å². The smallest absolute Gasteiger partial charge is 0.330 e. The van der Waals surface area contributed by atoms with Crippen molar-refractivity contribution in [2.45, 2.75) is 40.0 Å². The van der Waals surface area contributed by atoms with E-state index in [1.54, 1.807) is 6.92 Å². The zero-order valence-corrected chi connectivity index (χ0v) is 10.6. The van der Waals surface area contributed by atoms with E-state index in [9.17, 15) is 4.79 Å². The van der Waals surface area contributed by atoms with Gasteiger partial charge in [0, 0.05) is 18.7 Å². The van der Waals surface area contributed by atoms with Crippen LogP contribution in [-0.2, 0) is 4.79 Å². The van der Waals surface area contributed by atoms with E-state index in [1.165, 1.54) is 19.3 Å². The minimum atomic E-state index is -0.809. The van der Waals surface area contributed by atoms with Gasteiger partial charge in [-0.3, -0.25) is 4.90 Å². The summed E-state index contributed by atoms with van der Waals surface area (Å²) in [6.45, 7) is 9.16.